The first kappa shape index (κ1) is 17.1. The second-order valence-electron chi connectivity index (χ2n) is 5.82. The highest BCUT2D eigenvalue weighted by Crippen LogP contribution is 2.42. The standard InChI is InChI=1S/C16H24O5/c1-10(2)21-13-11(9-16(3,4)15(17)18)7-8-12(19-5)14(13)20-6/h7-8,10H,9H2,1-6H3,(H,17,18). The third-order valence-corrected chi connectivity index (χ3v) is 3.15. The van der Waals surface area contributed by atoms with Gasteiger partial charge in [-0.2, -0.15) is 0 Å². The summed E-state index contributed by atoms with van der Waals surface area (Å²) in [6, 6.07) is 3.59. The van der Waals surface area contributed by atoms with E-state index in [0.717, 1.165) is 5.56 Å². The van der Waals surface area contributed by atoms with Crippen molar-refractivity contribution >= 4 is 5.97 Å². The molecule has 118 valence electrons. The lowest BCUT2D eigenvalue weighted by molar-refractivity contribution is -0.146. The van der Waals surface area contributed by atoms with Crippen molar-refractivity contribution in [2.24, 2.45) is 5.41 Å². The van der Waals surface area contributed by atoms with Gasteiger partial charge in [-0.15, -0.1) is 0 Å². The van der Waals surface area contributed by atoms with E-state index in [2.05, 4.69) is 0 Å². The Kier molecular flexibility index (Phi) is 5.47. The Bertz CT molecular complexity index is 506. The summed E-state index contributed by atoms with van der Waals surface area (Å²) in [5.41, 5.74) is -0.108. The van der Waals surface area contributed by atoms with E-state index >= 15 is 0 Å². The molecule has 1 aromatic carbocycles. The zero-order valence-corrected chi connectivity index (χ0v) is 13.5. The number of methoxy groups -OCH3 is 2. The average Bonchev–Trinajstić information content (AvgIpc) is 2.39. The number of carbonyl (C=O) groups is 1. The van der Waals surface area contributed by atoms with Crippen LogP contribution in [0.2, 0.25) is 0 Å². The number of benzene rings is 1. The third kappa shape index (κ3) is 4.03. The molecule has 0 heterocycles. The second kappa shape index (κ2) is 6.70. The minimum Gasteiger partial charge on any atom is -0.493 e. The maximum absolute atomic E-state index is 11.3. The van der Waals surface area contributed by atoms with Crippen LogP contribution in [0.5, 0.6) is 17.2 Å². The van der Waals surface area contributed by atoms with Crippen LogP contribution < -0.4 is 14.2 Å². The third-order valence-electron chi connectivity index (χ3n) is 3.15. The molecule has 0 fully saturated rings. The molecule has 0 amide bonds. The number of rotatable bonds is 7. The van der Waals surface area contributed by atoms with Gasteiger partial charge in [0.2, 0.25) is 5.75 Å². The van der Waals surface area contributed by atoms with Gasteiger partial charge in [0.05, 0.1) is 25.7 Å². The number of hydrogen-bond acceptors (Lipinski definition) is 4. The van der Waals surface area contributed by atoms with Crippen molar-refractivity contribution in [3.8, 4) is 17.2 Å². The number of aliphatic carboxylic acids is 1. The molecule has 1 N–H and O–H groups in total. The molecule has 0 aliphatic carbocycles. The van der Waals surface area contributed by atoms with Crippen molar-refractivity contribution < 1.29 is 24.1 Å². The molecule has 0 aromatic heterocycles. The predicted octanol–water partition coefficient (Wildman–Crippen LogP) is 3.14. The summed E-state index contributed by atoms with van der Waals surface area (Å²) in [6.45, 7) is 7.19. The number of carboxylic acids is 1. The summed E-state index contributed by atoms with van der Waals surface area (Å²) in [5.74, 6) is 0.740. The Morgan fingerprint density at radius 3 is 2.24 bits per heavy atom. The summed E-state index contributed by atoms with van der Waals surface area (Å²) in [4.78, 5) is 11.3. The Hall–Kier alpha value is -1.91. The molecule has 0 aliphatic rings. The van der Waals surface area contributed by atoms with Gasteiger partial charge in [0.25, 0.3) is 0 Å². The Labute approximate surface area is 125 Å². The molecule has 5 heteroatoms. The Morgan fingerprint density at radius 1 is 1.19 bits per heavy atom. The minimum atomic E-state index is -0.894. The molecular formula is C16H24O5. The second-order valence-corrected chi connectivity index (χ2v) is 5.82. The van der Waals surface area contributed by atoms with Crippen molar-refractivity contribution in [2.75, 3.05) is 14.2 Å². The van der Waals surface area contributed by atoms with Crippen molar-refractivity contribution in [1.82, 2.24) is 0 Å². The van der Waals surface area contributed by atoms with E-state index in [1.54, 1.807) is 27.0 Å². The van der Waals surface area contributed by atoms with Gasteiger partial charge < -0.3 is 19.3 Å². The van der Waals surface area contributed by atoms with E-state index in [9.17, 15) is 9.90 Å². The van der Waals surface area contributed by atoms with Gasteiger partial charge in [-0.25, -0.2) is 0 Å². The molecule has 0 radical (unpaired) electrons. The number of hydrogen-bond donors (Lipinski definition) is 1. The first-order chi connectivity index (χ1) is 9.72. The van der Waals surface area contributed by atoms with E-state index in [1.807, 2.05) is 19.9 Å². The van der Waals surface area contributed by atoms with Crippen LogP contribution in [0.1, 0.15) is 33.3 Å². The average molecular weight is 296 g/mol. The van der Waals surface area contributed by atoms with E-state index in [-0.39, 0.29) is 6.10 Å². The van der Waals surface area contributed by atoms with Gasteiger partial charge in [-0.05, 0) is 45.7 Å². The van der Waals surface area contributed by atoms with E-state index in [1.165, 1.54) is 7.11 Å². The summed E-state index contributed by atoms with van der Waals surface area (Å²) in [7, 11) is 3.09. The maximum atomic E-state index is 11.3. The van der Waals surface area contributed by atoms with Crippen molar-refractivity contribution in [2.45, 2.75) is 40.2 Å². The van der Waals surface area contributed by atoms with Gasteiger partial charge >= 0.3 is 5.97 Å². The SMILES string of the molecule is COc1ccc(CC(C)(C)C(=O)O)c(OC(C)C)c1OC. The lowest BCUT2D eigenvalue weighted by Crippen LogP contribution is -2.26. The fourth-order valence-corrected chi connectivity index (χ4v) is 2.00. The topological polar surface area (TPSA) is 65.0 Å². The lowest BCUT2D eigenvalue weighted by atomic mass is 9.85. The molecule has 0 unspecified atom stereocenters. The van der Waals surface area contributed by atoms with E-state index in [4.69, 9.17) is 14.2 Å². The minimum absolute atomic E-state index is 0.0577. The molecule has 0 aliphatic heterocycles. The smallest absolute Gasteiger partial charge is 0.309 e. The largest absolute Gasteiger partial charge is 0.493 e. The first-order valence-corrected chi connectivity index (χ1v) is 6.86. The maximum Gasteiger partial charge on any atom is 0.309 e. The fourth-order valence-electron chi connectivity index (χ4n) is 2.00. The van der Waals surface area contributed by atoms with Crippen LogP contribution in [0.4, 0.5) is 0 Å². The molecular weight excluding hydrogens is 272 g/mol. The summed E-state index contributed by atoms with van der Waals surface area (Å²) in [5, 5.41) is 9.31. The molecule has 21 heavy (non-hydrogen) atoms. The van der Waals surface area contributed by atoms with E-state index in [0.29, 0.717) is 23.7 Å². The highest BCUT2D eigenvalue weighted by Gasteiger charge is 2.30. The normalized spacial score (nSPS) is 11.4. The zero-order valence-electron chi connectivity index (χ0n) is 13.5. The number of carboxylic acid groups (broad SMARTS) is 1. The molecule has 1 aromatic rings. The summed E-state index contributed by atoms with van der Waals surface area (Å²) in [6.07, 6.45) is 0.280. The van der Waals surface area contributed by atoms with Gasteiger partial charge in [0.15, 0.2) is 11.5 Å². The molecule has 0 atom stereocenters. The zero-order chi connectivity index (χ0) is 16.2. The fraction of sp³-hybridized carbons (Fsp3) is 0.562. The predicted molar refractivity (Wildman–Crippen MR) is 80.4 cm³/mol. The van der Waals surface area contributed by atoms with Crippen LogP contribution in [0.3, 0.4) is 0 Å². The van der Waals surface area contributed by atoms with Gasteiger partial charge in [0.1, 0.15) is 0 Å². The summed E-state index contributed by atoms with van der Waals surface area (Å²) < 4.78 is 16.5. The van der Waals surface area contributed by atoms with Gasteiger partial charge in [0, 0.05) is 0 Å². The summed E-state index contributed by atoms with van der Waals surface area (Å²) >= 11 is 0. The van der Waals surface area contributed by atoms with Crippen LogP contribution in [-0.4, -0.2) is 31.4 Å². The first-order valence-electron chi connectivity index (χ1n) is 6.86. The molecule has 0 spiro atoms. The highest BCUT2D eigenvalue weighted by atomic mass is 16.5. The van der Waals surface area contributed by atoms with Crippen molar-refractivity contribution in [3.63, 3.8) is 0 Å². The van der Waals surface area contributed by atoms with Crippen LogP contribution in [0, 0.1) is 5.41 Å². The van der Waals surface area contributed by atoms with Gasteiger partial charge in [-0.1, -0.05) is 6.07 Å². The molecule has 5 nitrogen and oxygen atoms in total. The Morgan fingerprint density at radius 2 is 1.81 bits per heavy atom. The van der Waals surface area contributed by atoms with Crippen molar-refractivity contribution in [3.05, 3.63) is 17.7 Å². The lowest BCUT2D eigenvalue weighted by Gasteiger charge is -2.24. The Balaban J connectivity index is 3.34. The highest BCUT2D eigenvalue weighted by molar-refractivity contribution is 5.74. The van der Waals surface area contributed by atoms with Crippen LogP contribution in [0.25, 0.3) is 0 Å². The van der Waals surface area contributed by atoms with Gasteiger partial charge in [-0.3, -0.25) is 4.79 Å². The van der Waals surface area contributed by atoms with Crippen LogP contribution in [0.15, 0.2) is 12.1 Å². The van der Waals surface area contributed by atoms with Crippen LogP contribution in [-0.2, 0) is 11.2 Å². The molecule has 0 saturated heterocycles. The molecule has 1 rings (SSSR count). The van der Waals surface area contributed by atoms with Crippen molar-refractivity contribution in [1.29, 1.82) is 0 Å². The monoisotopic (exact) mass is 296 g/mol. The number of ether oxygens (including phenoxy) is 3. The van der Waals surface area contributed by atoms with Crippen LogP contribution >= 0.6 is 0 Å². The quantitative estimate of drug-likeness (QED) is 0.837. The molecule has 0 bridgehead atoms. The molecule has 0 saturated carbocycles. The van der Waals surface area contributed by atoms with E-state index < -0.39 is 11.4 Å².